The molecule has 2 nitrogen and oxygen atoms in total. The van der Waals surface area contributed by atoms with Crippen LogP contribution in [0.25, 0.3) is 10.8 Å². The van der Waals surface area contributed by atoms with Crippen LogP contribution in [0.2, 0.25) is 5.02 Å². The molecular weight excluding hydrogens is 280 g/mol. The van der Waals surface area contributed by atoms with E-state index in [0.717, 1.165) is 17.1 Å². The lowest BCUT2D eigenvalue weighted by Crippen LogP contribution is -2.20. The summed E-state index contributed by atoms with van der Waals surface area (Å²) in [7, 11) is 1.98. The highest BCUT2D eigenvalue weighted by atomic mass is 35.5. The molecule has 106 valence electrons. The van der Waals surface area contributed by atoms with Gasteiger partial charge in [0.1, 0.15) is 0 Å². The summed E-state index contributed by atoms with van der Waals surface area (Å²) in [6.45, 7) is 0. The van der Waals surface area contributed by atoms with Crippen molar-refractivity contribution in [2.24, 2.45) is 0 Å². The molecule has 21 heavy (non-hydrogen) atoms. The van der Waals surface area contributed by atoms with Crippen LogP contribution in [-0.4, -0.2) is 12.0 Å². The Kier molecular flexibility index (Phi) is 4.18. The fraction of sp³-hybridized carbons (Fsp3) is 0.167. The van der Waals surface area contributed by atoms with Gasteiger partial charge in [-0.05, 0) is 42.6 Å². The average Bonchev–Trinajstić information content (AvgIpc) is 2.54. The van der Waals surface area contributed by atoms with E-state index in [4.69, 9.17) is 11.6 Å². The van der Waals surface area contributed by atoms with Crippen molar-refractivity contribution in [1.29, 1.82) is 0 Å². The van der Waals surface area contributed by atoms with Crippen LogP contribution < -0.4 is 5.32 Å². The zero-order chi connectivity index (χ0) is 14.7. The Morgan fingerprint density at radius 3 is 2.57 bits per heavy atom. The highest BCUT2D eigenvalue weighted by molar-refractivity contribution is 6.30. The second kappa shape index (κ2) is 6.25. The molecule has 2 aromatic carbocycles. The van der Waals surface area contributed by atoms with Gasteiger partial charge in [-0.1, -0.05) is 48.0 Å². The average molecular weight is 297 g/mol. The highest BCUT2D eigenvalue weighted by Crippen LogP contribution is 2.25. The molecule has 0 radical (unpaired) electrons. The van der Waals surface area contributed by atoms with Gasteiger partial charge in [-0.15, -0.1) is 0 Å². The SMILES string of the molecule is CNC(Cc1ccc(Cl)cc1)c1nccc2ccccc12. The molecule has 0 saturated carbocycles. The predicted octanol–water partition coefficient (Wildman–Crippen LogP) is 4.39. The Labute approximate surface area is 129 Å². The first kappa shape index (κ1) is 14.1. The summed E-state index contributed by atoms with van der Waals surface area (Å²) in [5, 5.41) is 6.57. The van der Waals surface area contributed by atoms with E-state index in [2.05, 4.69) is 46.7 Å². The number of fused-ring (bicyclic) bond motifs is 1. The number of nitrogens with zero attached hydrogens (tertiary/aromatic N) is 1. The van der Waals surface area contributed by atoms with E-state index in [1.54, 1.807) is 0 Å². The second-order valence-electron chi connectivity index (χ2n) is 5.09. The summed E-state index contributed by atoms with van der Waals surface area (Å²) in [5.41, 5.74) is 2.33. The fourth-order valence-corrected chi connectivity index (χ4v) is 2.74. The molecule has 1 atom stereocenters. The van der Waals surface area contributed by atoms with Crippen molar-refractivity contribution in [2.75, 3.05) is 7.05 Å². The van der Waals surface area contributed by atoms with E-state index in [1.807, 2.05) is 31.4 Å². The highest BCUT2D eigenvalue weighted by Gasteiger charge is 2.14. The molecular formula is C18H17ClN2. The normalized spacial score (nSPS) is 12.5. The molecule has 0 saturated heterocycles. The lowest BCUT2D eigenvalue weighted by molar-refractivity contribution is 0.581. The molecule has 0 amide bonds. The molecule has 0 bridgehead atoms. The molecule has 1 unspecified atom stereocenters. The third-order valence-corrected chi connectivity index (χ3v) is 3.99. The molecule has 0 fully saturated rings. The zero-order valence-electron chi connectivity index (χ0n) is 11.9. The Morgan fingerprint density at radius 1 is 1.05 bits per heavy atom. The fourth-order valence-electron chi connectivity index (χ4n) is 2.61. The topological polar surface area (TPSA) is 24.9 Å². The number of rotatable bonds is 4. The monoisotopic (exact) mass is 296 g/mol. The van der Waals surface area contributed by atoms with Crippen LogP contribution in [0.15, 0.2) is 60.8 Å². The van der Waals surface area contributed by atoms with Crippen LogP contribution in [0.3, 0.4) is 0 Å². The third kappa shape index (κ3) is 3.07. The number of nitrogens with one attached hydrogen (secondary N) is 1. The number of pyridine rings is 1. The molecule has 1 aromatic heterocycles. The molecule has 3 aromatic rings. The minimum absolute atomic E-state index is 0.178. The van der Waals surface area contributed by atoms with Gasteiger partial charge in [0, 0.05) is 16.6 Å². The van der Waals surface area contributed by atoms with Crippen LogP contribution in [0, 0.1) is 0 Å². The van der Waals surface area contributed by atoms with Gasteiger partial charge in [-0.3, -0.25) is 4.98 Å². The van der Waals surface area contributed by atoms with Gasteiger partial charge in [0.25, 0.3) is 0 Å². The molecule has 3 rings (SSSR count). The number of likely N-dealkylation sites (N-methyl/N-ethyl adjacent to an activating group) is 1. The van der Waals surface area contributed by atoms with Gasteiger partial charge in [0.2, 0.25) is 0 Å². The third-order valence-electron chi connectivity index (χ3n) is 3.74. The summed E-state index contributed by atoms with van der Waals surface area (Å²) in [5.74, 6) is 0. The maximum atomic E-state index is 5.95. The van der Waals surface area contributed by atoms with Crippen molar-refractivity contribution < 1.29 is 0 Å². The van der Waals surface area contributed by atoms with Gasteiger partial charge in [-0.25, -0.2) is 0 Å². The van der Waals surface area contributed by atoms with E-state index in [9.17, 15) is 0 Å². The van der Waals surface area contributed by atoms with Gasteiger partial charge in [0.05, 0.1) is 11.7 Å². The van der Waals surface area contributed by atoms with E-state index < -0.39 is 0 Å². The Morgan fingerprint density at radius 2 is 1.81 bits per heavy atom. The smallest absolute Gasteiger partial charge is 0.0654 e. The minimum Gasteiger partial charge on any atom is -0.311 e. The summed E-state index contributed by atoms with van der Waals surface area (Å²) < 4.78 is 0. The number of aromatic nitrogens is 1. The van der Waals surface area contributed by atoms with Crippen LogP contribution in [-0.2, 0) is 6.42 Å². The van der Waals surface area contributed by atoms with Crippen molar-refractivity contribution in [3.63, 3.8) is 0 Å². The van der Waals surface area contributed by atoms with Gasteiger partial charge >= 0.3 is 0 Å². The molecule has 1 heterocycles. The standard InChI is InChI=1S/C18H17ClN2/c1-20-17(12-13-6-8-15(19)9-7-13)18-16-5-3-2-4-14(16)10-11-21-18/h2-11,17,20H,12H2,1H3. The first-order valence-corrected chi connectivity index (χ1v) is 7.41. The van der Waals surface area contributed by atoms with E-state index >= 15 is 0 Å². The Bertz CT molecular complexity index is 732. The summed E-state index contributed by atoms with van der Waals surface area (Å²) in [6.07, 6.45) is 2.76. The van der Waals surface area contributed by atoms with E-state index in [0.29, 0.717) is 0 Å². The van der Waals surface area contributed by atoms with Crippen molar-refractivity contribution in [3.05, 3.63) is 77.1 Å². The number of hydrogen-bond donors (Lipinski definition) is 1. The quantitative estimate of drug-likeness (QED) is 0.772. The number of hydrogen-bond acceptors (Lipinski definition) is 2. The van der Waals surface area contributed by atoms with Gasteiger partial charge in [-0.2, -0.15) is 0 Å². The predicted molar refractivity (Wildman–Crippen MR) is 88.7 cm³/mol. The lowest BCUT2D eigenvalue weighted by atomic mass is 9.99. The first-order chi connectivity index (χ1) is 10.3. The second-order valence-corrected chi connectivity index (χ2v) is 5.53. The van der Waals surface area contributed by atoms with Gasteiger partial charge in [0.15, 0.2) is 0 Å². The summed E-state index contributed by atoms with van der Waals surface area (Å²) in [6, 6.07) is 18.6. The lowest BCUT2D eigenvalue weighted by Gasteiger charge is -2.18. The minimum atomic E-state index is 0.178. The Hall–Kier alpha value is -1.90. The first-order valence-electron chi connectivity index (χ1n) is 7.03. The zero-order valence-corrected chi connectivity index (χ0v) is 12.6. The van der Waals surface area contributed by atoms with Crippen LogP contribution >= 0.6 is 11.6 Å². The molecule has 0 aliphatic carbocycles. The molecule has 1 N–H and O–H groups in total. The van der Waals surface area contributed by atoms with E-state index in [1.165, 1.54) is 16.3 Å². The van der Waals surface area contributed by atoms with Crippen LogP contribution in [0.5, 0.6) is 0 Å². The number of benzene rings is 2. The molecule has 0 aliphatic heterocycles. The molecule has 3 heteroatoms. The van der Waals surface area contributed by atoms with Crippen molar-refractivity contribution in [2.45, 2.75) is 12.5 Å². The van der Waals surface area contributed by atoms with Crippen LogP contribution in [0.4, 0.5) is 0 Å². The Balaban J connectivity index is 1.96. The van der Waals surface area contributed by atoms with Crippen molar-refractivity contribution >= 4 is 22.4 Å². The maximum absolute atomic E-state index is 5.95. The van der Waals surface area contributed by atoms with Crippen LogP contribution in [0.1, 0.15) is 17.3 Å². The summed E-state index contributed by atoms with van der Waals surface area (Å²) in [4.78, 5) is 4.60. The van der Waals surface area contributed by atoms with E-state index in [-0.39, 0.29) is 6.04 Å². The largest absolute Gasteiger partial charge is 0.311 e. The number of halogens is 1. The molecule has 0 aliphatic rings. The van der Waals surface area contributed by atoms with Crippen molar-refractivity contribution in [3.8, 4) is 0 Å². The molecule has 0 spiro atoms. The van der Waals surface area contributed by atoms with Crippen molar-refractivity contribution in [1.82, 2.24) is 10.3 Å². The summed E-state index contributed by atoms with van der Waals surface area (Å²) >= 11 is 5.95. The van der Waals surface area contributed by atoms with Gasteiger partial charge < -0.3 is 5.32 Å². The maximum Gasteiger partial charge on any atom is 0.0654 e.